The number of aromatic nitrogens is 1. The summed E-state index contributed by atoms with van der Waals surface area (Å²) in [6, 6.07) is 20.9. The van der Waals surface area contributed by atoms with E-state index in [4.69, 9.17) is 10.2 Å². The predicted octanol–water partition coefficient (Wildman–Crippen LogP) is 4.26. The van der Waals surface area contributed by atoms with Crippen molar-refractivity contribution in [3.8, 4) is 22.6 Å². The third-order valence-corrected chi connectivity index (χ3v) is 3.97. The van der Waals surface area contributed by atoms with Gasteiger partial charge in [-0.25, -0.2) is 4.98 Å². The summed E-state index contributed by atoms with van der Waals surface area (Å²) in [5.41, 5.74) is 9.38. The number of amides is 1. The SMILES string of the molecule is NC(=O)c1cc(-c2ccc(-c3ccco3)cc2)nc2ccccc12. The molecule has 2 aromatic carbocycles. The van der Waals surface area contributed by atoms with Gasteiger partial charge in [-0.1, -0.05) is 42.5 Å². The van der Waals surface area contributed by atoms with Crippen molar-refractivity contribution in [1.29, 1.82) is 0 Å². The smallest absolute Gasteiger partial charge is 0.249 e. The monoisotopic (exact) mass is 314 g/mol. The molecule has 0 spiro atoms. The fourth-order valence-electron chi connectivity index (χ4n) is 2.78. The minimum Gasteiger partial charge on any atom is -0.464 e. The van der Waals surface area contributed by atoms with Crippen LogP contribution in [0.25, 0.3) is 33.5 Å². The molecule has 0 aliphatic rings. The van der Waals surface area contributed by atoms with Gasteiger partial charge >= 0.3 is 0 Å². The zero-order chi connectivity index (χ0) is 16.5. The van der Waals surface area contributed by atoms with E-state index in [-0.39, 0.29) is 0 Å². The molecule has 0 atom stereocenters. The van der Waals surface area contributed by atoms with E-state index >= 15 is 0 Å². The van der Waals surface area contributed by atoms with Crippen LogP contribution in [0.1, 0.15) is 10.4 Å². The molecule has 0 saturated heterocycles. The standard InChI is InChI=1S/C20H14N2O2/c21-20(23)16-12-18(22-17-5-2-1-4-15(16)17)13-7-9-14(10-8-13)19-6-3-11-24-19/h1-12H,(H2,21,23). The molecule has 4 heteroatoms. The lowest BCUT2D eigenvalue weighted by Crippen LogP contribution is -2.12. The van der Waals surface area contributed by atoms with Crippen molar-refractivity contribution in [1.82, 2.24) is 4.98 Å². The van der Waals surface area contributed by atoms with Gasteiger partial charge in [0.05, 0.1) is 23.0 Å². The van der Waals surface area contributed by atoms with Crippen LogP contribution < -0.4 is 5.73 Å². The summed E-state index contributed by atoms with van der Waals surface area (Å²) in [5.74, 6) is 0.355. The average molecular weight is 314 g/mol. The van der Waals surface area contributed by atoms with E-state index < -0.39 is 5.91 Å². The molecule has 0 fully saturated rings. The van der Waals surface area contributed by atoms with Gasteiger partial charge in [-0.05, 0) is 24.3 Å². The summed E-state index contributed by atoms with van der Waals surface area (Å²) < 4.78 is 5.40. The van der Waals surface area contributed by atoms with Crippen LogP contribution in [-0.2, 0) is 0 Å². The number of hydrogen-bond donors (Lipinski definition) is 1. The third kappa shape index (κ3) is 2.44. The molecule has 4 rings (SSSR count). The topological polar surface area (TPSA) is 69.1 Å². The Morgan fingerprint density at radius 3 is 2.38 bits per heavy atom. The molecule has 2 heterocycles. The van der Waals surface area contributed by atoms with Gasteiger partial charge in [0.25, 0.3) is 0 Å². The molecule has 0 aliphatic heterocycles. The Labute approximate surface area is 138 Å². The largest absolute Gasteiger partial charge is 0.464 e. The molecule has 0 aliphatic carbocycles. The molecule has 2 N–H and O–H groups in total. The Balaban J connectivity index is 1.83. The van der Waals surface area contributed by atoms with Crippen molar-refractivity contribution < 1.29 is 9.21 Å². The van der Waals surface area contributed by atoms with Crippen LogP contribution in [0.5, 0.6) is 0 Å². The highest BCUT2D eigenvalue weighted by Gasteiger charge is 2.11. The quantitative estimate of drug-likeness (QED) is 0.614. The number of carbonyl (C=O) groups is 1. The van der Waals surface area contributed by atoms with Gasteiger partial charge in [-0.3, -0.25) is 4.79 Å². The summed E-state index contributed by atoms with van der Waals surface area (Å²) in [7, 11) is 0. The third-order valence-electron chi connectivity index (χ3n) is 3.97. The number of rotatable bonds is 3. The summed E-state index contributed by atoms with van der Waals surface area (Å²) in [5, 5.41) is 0.765. The summed E-state index contributed by atoms with van der Waals surface area (Å²) in [6.45, 7) is 0. The molecule has 4 aromatic rings. The van der Waals surface area contributed by atoms with E-state index in [2.05, 4.69) is 4.98 Å². The Bertz CT molecular complexity index is 1020. The van der Waals surface area contributed by atoms with E-state index in [0.717, 1.165) is 27.8 Å². The van der Waals surface area contributed by atoms with E-state index in [0.29, 0.717) is 11.3 Å². The number of para-hydroxylation sites is 1. The van der Waals surface area contributed by atoms with Gasteiger partial charge in [0, 0.05) is 16.5 Å². The van der Waals surface area contributed by atoms with Gasteiger partial charge in [-0.2, -0.15) is 0 Å². The van der Waals surface area contributed by atoms with Crippen molar-refractivity contribution >= 4 is 16.8 Å². The lowest BCUT2D eigenvalue weighted by atomic mass is 10.0. The number of primary amides is 1. The van der Waals surface area contributed by atoms with Crippen LogP contribution in [-0.4, -0.2) is 10.9 Å². The zero-order valence-corrected chi connectivity index (χ0v) is 12.8. The van der Waals surface area contributed by atoms with Crippen molar-refractivity contribution in [2.24, 2.45) is 5.73 Å². The fraction of sp³-hybridized carbons (Fsp3) is 0. The van der Waals surface area contributed by atoms with E-state index in [1.807, 2.05) is 60.7 Å². The maximum Gasteiger partial charge on any atom is 0.249 e. The molecule has 2 aromatic heterocycles. The molecule has 0 unspecified atom stereocenters. The molecule has 24 heavy (non-hydrogen) atoms. The van der Waals surface area contributed by atoms with Crippen LogP contribution >= 0.6 is 0 Å². The first-order chi connectivity index (χ1) is 11.7. The number of benzene rings is 2. The van der Waals surface area contributed by atoms with Crippen LogP contribution in [0.15, 0.2) is 77.4 Å². The zero-order valence-electron chi connectivity index (χ0n) is 12.8. The van der Waals surface area contributed by atoms with E-state index in [1.165, 1.54) is 0 Å². The lowest BCUT2D eigenvalue weighted by molar-refractivity contribution is 0.100. The highest BCUT2D eigenvalue weighted by Crippen LogP contribution is 2.27. The Hall–Kier alpha value is -3.40. The first kappa shape index (κ1) is 14.2. The molecule has 1 amide bonds. The van der Waals surface area contributed by atoms with Gasteiger partial charge in [0.1, 0.15) is 5.76 Å². The molecule has 4 nitrogen and oxygen atoms in total. The molecule has 116 valence electrons. The Kier molecular flexibility index (Phi) is 3.35. The van der Waals surface area contributed by atoms with Crippen LogP contribution in [0.4, 0.5) is 0 Å². The highest BCUT2D eigenvalue weighted by atomic mass is 16.3. The summed E-state index contributed by atoms with van der Waals surface area (Å²) in [6.07, 6.45) is 1.65. The maximum atomic E-state index is 11.8. The molecular formula is C20H14N2O2. The number of furan rings is 1. The summed E-state index contributed by atoms with van der Waals surface area (Å²) in [4.78, 5) is 16.4. The van der Waals surface area contributed by atoms with E-state index in [9.17, 15) is 4.79 Å². The summed E-state index contributed by atoms with van der Waals surface area (Å²) >= 11 is 0. The number of fused-ring (bicyclic) bond motifs is 1. The Morgan fingerprint density at radius 2 is 1.67 bits per heavy atom. The van der Waals surface area contributed by atoms with Crippen molar-refractivity contribution in [2.75, 3.05) is 0 Å². The van der Waals surface area contributed by atoms with Crippen LogP contribution in [0, 0.1) is 0 Å². The molecule has 0 bridgehead atoms. The van der Waals surface area contributed by atoms with Crippen LogP contribution in [0.3, 0.4) is 0 Å². The maximum absolute atomic E-state index is 11.8. The minimum absolute atomic E-state index is 0.456. The van der Waals surface area contributed by atoms with E-state index in [1.54, 1.807) is 12.3 Å². The molecule has 0 radical (unpaired) electrons. The first-order valence-corrected chi connectivity index (χ1v) is 7.56. The second kappa shape index (κ2) is 5.66. The number of pyridine rings is 1. The normalized spacial score (nSPS) is 10.8. The Morgan fingerprint density at radius 1 is 0.917 bits per heavy atom. The predicted molar refractivity (Wildman–Crippen MR) is 93.4 cm³/mol. The first-order valence-electron chi connectivity index (χ1n) is 7.56. The fourth-order valence-corrected chi connectivity index (χ4v) is 2.78. The van der Waals surface area contributed by atoms with Crippen LogP contribution in [0.2, 0.25) is 0 Å². The van der Waals surface area contributed by atoms with Gasteiger partial charge < -0.3 is 10.2 Å². The second-order valence-electron chi connectivity index (χ2n) is 5.49. The highest BCUT2D eigenvalue weighted by molar-refractivity contribution is 6.06. The lowest BCUT2D eigenvalue weighted by Gasteiger charge is -2.08. The number of nitrogens with two attached hydrogens (primary N) is 1. The van der Waals surface area contributed by atoms with Crippen molar-refractivity contribution in [3.05, 3.63) is 78.6 Å². The van der Waals surface area contributed by atoms with Crippen molar-refractivity contribution in [3.63, 3.8) is 0 Å². The molecule has 0 saturated carbocycles. The number of hydrogen-bond acceptors (Lipinski definition) is 3. The van der Waals surface area contributed by atoms with Crippen molar-refractivity contribution in [2.45, 2.75) is 0 Å². The van der Waals surface area contributed by atoms with Gasteiger partial charge in [0.2, 0.25) is 5.91 Å². The average Bonchev–Trinajstić information content (AvgIpc) is 3.15. The molecular weight excluding hydrogens is 300 g/mol. The minimum atomic E-state index is -0.456. The van der Waals surface area contributed by atoms with Gasteiger partial charge in [-0.15, -0.1) is 0 Å². The van der Waals surface area contributed by atoms with Gasteiger partial charge in [0.15, 0.2) is 0 Å². The number of carbonyl (C=O) groups excluding carboxylic acids is 1. The number of nitrogens with zero attached hydrogens (tertiary/aromatic N) is 1. The second-order valence-corrected chi connectivity index (χ2v) is 5.49.